The van der Waals surface area contributed by atoms with E-state index in [0.29, 0.717) is 6.54 Å². The van der Waals surface area contributed by atoms with Crippen molar-refractivity contribution in [3.05, 3.63) is 35.3 Å². The predicted octanol–water partition coefficient (Wildman–Crippen LogP) is 3.09. The molecule has 0 unspecified atom stereocenters. The van der Waals surface area contributed by atoms with Gasteiger partial charge in [0.25, 0.3) is 0 Å². The van der Waals surface area contributed by atoms with Gasteiger partial charge >= 0.3 is 0 Å². The molecule has 1 N–H and O–H groups in total. The second kappa shape index (κ2) is 5.73. The summed E-state index contributed by atoms with van der Waals surface area (Å²) in [5.41, 5.74) is 1.95. The van der Waals surface area contributed by atoms with Crippen molar-refractivity contribution in [3.63, 3.8) is 0 Å². The first kappa shape index (κ1) is 13.4. The highest BCUT2D eigenvalue weighted by molar-refractivity contribution is 5.50. The summed E-state index contributed by atoms with van der Waals surface area (Å²) in [5.74, 6) is 2.31. The number of ether oxygens (including phenoxy) is 1. The first-order chi connectivity index (χ1) is 9.08. The lowest BCUT2D eigenvalue weighted by Crippen LogP contribution is -2.10. The van der Waals surface area contributed by atoms with Crippen molar-refractivity contribution in [3.8, 4) is 5.75 Å². The number of nitrogens with one attached hydrogen (secondary N) is 1. The second-order valence-electron chi connectivity index (χ2n) is 4.67. The van der Waals surface area contributed by atoms with Crippen molar-refractivity contribution in [2.24, 2.45) is 0 Å². The lowest BCUT2D eigenvalue weighted by molar-refractivity contribution is 0.243. The summed E-state index contributed by atoms with van der Waals surface area (Å²) in [7, 11) is 0. The van der Waals surface area contributed by atoms with E-state index in [2.05, 4.69) is 15.5 Å². The number of rotatable bonds is 5. The molecule has 5 nitrogen and oxygen atoms in total. The van der Waals surface area contributed by atoms with Crippen LogP contribution in [0.15, 0.2) is 22.9 Å². The van der Waals surface area contributed by atoms with Gasteiger partial charge in [0.2, 0.25) is 0 Å². The maximum absolute atomic E-state index is 5.71. The van der Waals surface area contributed by atoms with E-state index in [1.807, 2.05) is 39.8 Å². The number of nitrogens with zero attached hydrogens (tertiary/aromatic N) is 2. The molecule has 0 bridgehead atoms. The Labute approximate surface area is 113 Å². The van der Waals surface area contributed by atoms with Crippen LogP contribution < -0.4 is 10.1 Å². The average Bonchev–Trinajstić information content (AvgIpc) is 2.68. The van der Waals surface area contributed by atoms with Crippen molar-refractivity contribution in [2.45, 2.75) is 40.3 Å². The van der Waals surface area contributed by atoms with Gasteiger partial charge in [-0.25, -0.2) is 4.98 Å². The molecule has 2 aromatic rings. The number of hydrogen-bond acceptors (Lipinski definition) is 5. The van der Waals surface area contributed by atoms with Crippen LogP contribution >= 0.6 is 0 Å². The van der Waals surface area contributed by atoms with Crippen molar-refractivity contribution in [1.29, 1.82) is 0 Å². The minimum absolute atomic E-state index is 0.115. The molecule has 0 radical (unpaired) electrons. The third-order valence-electron chi connectivity index (χ3n) is 2.75. The highest BCUT2D eigenvalue weighted by Crippen LogP contribution is 2.23. The van der Waals surface area contributed by atoms with E-state index in [4.69, 9.17) is 9.26 Å². The zero-order valence-electron chi connectivity index (χ0n) is 11.7. The van der Waals surface area contributed by atoms with Crippen LogP contribution in [0, 0.1) is 13.8 Å². The fraction of sp³-hybridized carbons (Fsp3) is 0.429. The molecule has 2 rings (SSSR count). The normalized spacial score (nSPS) is 10.8. The van der Waals surface area contributed by atoms with Crippen LogP contribution in [0.5, 0.6) is 5.75 Å². The van der Waals surface area contributed by atoms with Crippen molar-refractivity contribution in [1.82, 2.24) is 10.1 Å². The van der Waals surface area contributed by atoms with E-state index in [0.717, 1.165) is 28.6 Å². The van der Waals surface area contributed by atoms with Crippen LogP contribution in [0.4, 0.5) is 5.82 Å². The fourth-order valence-electron chi connectivity index (χ4n) is 1.80. The third-order valence-corrected chi connectivity index (χ3v) is 2.75. The minimum atomic E-state index is 0.115. The number of pyridine rings is 1. The number of hydrogen-bond donors (Lipinski definition) is 1. The van der Waals surface area contributed by atoms with E-state index < -0.39 is 0 Å². The standard InChI is InChI=1S/C14H19N3O2/c1-9(2)18-13-6-5-7-15-14(13)16-8-12-10(3)17-19-11(12)4/h5-7,9H,8H2,1-4H3,(H,15,16). The molecule has 0 aliphatic heterocycles. The first-order valence-electron chi connectivity index (χ1n) is 6.35. The van der Waals surface area contributed by atoms with Gasteiger partial charge in [0, 0.05) is 18.3 Å². The molecule has 102 valence electrons. The SMILES string of the molecule is Cc1noc(C)c1CNc1ncccc1OC(C)C. The van der Waals surface area contributed by atoms with Crippen LogP contribution in [0.25, 0.3) is 0 Å². The zero-order chi connectivity index (χ0) is 13.8. The van der Waals surface area contributed by atoms with E-state index in [1.54, 1.807) is 6.20 Å². The summed E-state index contributed by atoms with van der Waals surface area (Å²) in [6.07, 6.45) is 1.85. The molecule has 0 aliphatic carbocycles. The highest BCUT2D eigenvalue weighted by atomic mass is 16.5. The molecular formula is C14H19N3O2. The smallest absolute Gasteiger partial charge is 0.169 e. The number of aromatic nitrogens is 2. The molecule has 0 aliphatic rings. The Hall–Kier alpha value is -2.04. The van der Waals surface area contributed by atoms with E-state index in [1.165, 1.54) is 0 Å². The van der Waals surface area contributed by atoms with Crippen LogP contribution in [0.1, 0.15) is 30.9 Å². The van der Waals surface area contributed by atoms with Gasteiger partial charge < -0.3 is 14.6 Å². The quantitative estimate of drug-likeness (QED) is 0.896. The summed E-state index contributed by atoms with van der Waals surface area (Å²) in [4.78, 5) is 4.30. The fourth-order valence-corrected chi connectivity index (χ4v) is 1.80. The summed E-state index contributed by atoms with van der Waals surface area (Å²) in [5, 5.41) is 7.20. The van der Waals surface area contributed by atoms with Gasteiger partial charge in [-0.2, -0.15) is 0 Å². The maximum Gasteiger partial charge on any atom is 0.169 e. The Morgan fingerprint density at radius 2 is 2.16 bits per heavy atom. The van der Waals surface area contributed by atoms with Crippen LogP contribution in [0.2, 0.25) is 0 Å². The Morgan fingerprint density at radius 1 is 1.37 bits per heavy atom. The van der Waals surface area contributed by atoms with Gasteiger partial charge in [-0.05, 0) is 39.8 Å². The summed E-state index contributed by atoms with van der Waals surface area (Å²) in [6, 6.07) is 3.77. The van der Waals surface area contributed by atoms with Gasteiger partial charge in [0.15, 0.2) is 11.6 Å². The van der Waals surface area contributed by atoms with Gasteiger partial charge in [-0.1, -0.05) is 5.16 Å². The van der Waals surface area contributed by atoms with Crippen molar-refractivity contribution >= 4 is 5.82 Å². The zero-order valence-corrected chi connectivity index (χ0v) is 11.7. The molecule has 19 heavy (non-hydrogen) atoms. The summed E-state index contributed by atoms with van der Waals surface area (Å²) in [6.45, 7) is 8.43. The second-order valence-corrected chi connectivity index (χ2v) is 4.67. The van der Waals surface area contributed by atoms with Crippen LogP contribution in [-0.2, 0) is 6.54 Å². The summed E-state index contributed by atoms with van der Waals surface area (Å²) < 4.78 is 10.8. The topological polar surface area (TPSA) is 60.2 Å². The number of aryl methyl sites for hydroxylation is 2. The Morgan fingerprint density at radius 3 is 2.79 bits per heavy atom. The monoisotopic (exact) mass is 261 g/mol. The van der Waals surface area contributed by atoms with E-state index >= 15 is 0 Å². The molecule has 2 aromatic heterocycles. The lowest BCUT2D eigenvalue weighted by atomic mass is 10.2. The maximum atomic E-state index is 5.71. The molecule has 0 spiro atoms. The third kappa shape index (κ3) is 3.24. The van der Waals surface area contributed by atoms with E-state index in [9.17, 15) is 0 Å². The molecule has 5 heteroatoms. The first-order valence-corrected chi connectivity index (χ1v) is 6.35. The Balaban J connectivity index is 2.11. The Bertz CT molecular complexity index is 530. The Kier molecular flexibility index (Phi) is 4.04. The van der Waals surface area contributed by atoms with Crippen LogP contribution in [-0.4, -0.2) is 16.2 Å². The highest BCUT2D eigenvalue weighted by Gasteiger charge is 2.11. The van der Waals surface area contributed by atoms with Crippen molar-refractivity contribution < 1.29 is 9.26 Å². The molecular weight excluding hydrogens is 242 g/mol. The summed E-state index contributed by atoms with van der Waals surface area (Å²) >= 11 is 0. The lowest BCUT2D eigenvalue weighted by Gasteiger charge is -2.14. The van der Waals surface area contributed by atoms with Gasteiger partial charge in [0.1, 0.15) is 5.76 Å². The molecule has 0 saturated carbocycles. The number of anilines is 1. The van der Waals surface area contributed by atoms with Gasteiger partial charge in [-0.15, -0.1) is 0 Å². The van der Waals surface area contributed by atoms with E-state index in [-0.39, 0.29) is 6.10 Å². The molecule has 0 aromatic carbocycles. The molecule has 0 atom stereocenters. The predicted molar refractivity (Wildman–Crippen MR) is 73.3 cm³/mol. The molecule has 0 amide bonds. The molecule has 0 saturated heterocycles. The van der Waals surface area contributed by atoms with Crippen LogP contribution in [0.3, 0.4) is 0 Å². The average molecular weight is 261 g/mol. The van der Waals surface area contributed by atoms with Gasteiger partial charge in [0.05, 0.1) is 11.8 Å². The van der Waals surface area contributed by atoms with Crippen molar-refractivity contribution in [2.75, 3.05) is 5.32 Å². The van der Waals surface area contributed by atoms with Gasteiger partial charge in [-0.3, -0.25) is 0 Å². The minimum Gasteiger partial charge on any atom is -0.487 e. The molecule has 2 heterocycles. The largest absolute Gasteiger partial charge is 0.487 e. The molecule has 0 fully saturated rings.